The fraction of sp³-hybridized carbons (Fsp3) is 0.864. The fourth-order valence-electron chi connectivity index (χ4n) is 2.97. The highest BCUT2D eigenvalue weighted by Crippen LogP contribution is 2.12. The van der Waals surface area contributed by atoms with E-state index in [-0.39, 0.29) is 11.9 Å². The lowest BCUT2D eigenvalue weighted by atomic mass is 10.0. The third kappa shape index (κ3) is 16.4. The summed E-state index contributed by atoms with van der Waals surface area (Å²) in [4.78, 5) is 11.5. The average molecular weight is 354 g/mol. The zero-order valence-electron chi connectivity index (χ0n) is 17.1. The minimum absolute atomic E-state index is 0.0211. The second kappa shape index (κ2) is 18.0. The van der Waals surface area contributed by atoms with E-state index in [0.717, 1.165) is 12.8 Å². The van der Waals surface area contributed by atoms with Crippen LogP contribution in [-0.2, 0) is 4.79 Å². The first kappa shape index (κ1) is 24.2. The van der Waals surface area contributed by atoms with Gasteiger partial charge in [0, 0.05) is 6.42 Å². The molecule has 148 valence electrons. The van der Waals surface area contributed by atoms with E-state index < -0.39 is 6.10 Å². The monoisotopic (exact) mass is 353 g/mol. The molecule has 0 fully saturated rings. The van der Waals surface area contributed by atoms with Gasteiger partial charge in [-0.1, -0.05) is 90.2 Å². The summed E-state index contributed by atoms with van der Waals surface area (Å²) in [5.74, 6) is 0.0211. The molecule has 0 aromatic carbocycles. The lowest BCUT2D eigenvalue weighted by molar-refractivity contribution is -0.122. The highest BCUT2D eigenvalue weighted by Gasteiger charge is 2.12. The molecule has 25 heavy (non-hydrogen) atoms. The minimum atomic E-state index is -0.589. The van der Waals surface area contributed by atoms with Crippen molar-refractivity contribution in [3.63, 3.8) is 0 Å². The molecule has 3 nitrogen and oxygen atoms in total. The molecule has 2 atom stereocenters. The van der Waals surface area contributed by atoms with E-state index in [0.29, 0.717) is 6.42 Å². The van der Waals surface area contributed by atoms with E-state index in [1.807, 2.05) is 19.9 Å². The molecule has 0 bridgehead atoms. The Labute approximate surface area is 156 Å². The number of carbonyl (C=O) groups excluding carboxylic acids is 1. The summed E-state index contributed by atoms with van der Waals surface area (Å²) < 4.78 is 0. The summed E-state index contributed by atoms with van der Waals surface area (Å²) in [6.45, 7) is 6.10. The zero-order chi connectivity index (χ0) is 18.8. The molecule has 0 unspecified atom stereocenters. The highest BCUT2D eigenvalue weighted by molar-refractivity contribution is 5.76. The number of amides is 1. The molecule has 3 heteroatoms. The van der Waals surface area contributed by atoms with Gasteiger partial charge in [0.1, 0.15) is 0 Å². The molecule has 0 saturated carbocycles. The van der Waals surface area contributed by atoms with Crippen molar-refractivity contribution in [2.45, 2.75) is 123 Å². The smallest absolute Gasteiger partial charge is 0.220 e. The van der Waals surface area contributed by atoms with Crippen molar-refractivity contribution in [2.24, 2.45) is 0 Å². The summed E-state index contributed by atoms with van der Waals surface area (Å²) in [6.07, 6.45) is 20.6. The minimum Gasteiger partial charge on any atom is -0.387 e. The van der Waals surface area contributed by atoms with Gasteiger partial charge in [0.15, 0.2) is 0 Å². The Balaban J connectivity index is 3.46. The second-order valence-corrected chi connectivity index (χ2v) is 7.35. The third-order valence-corrected chi connectivity index (χ3v) is 4.69. The van der Waals surface area contributed by atoms with Crippen LogP contribution in [0.5, 0.6) is 0 Å². The lowest BCUT2D eigenvalue weighted by Gasteiger charge is -2.17. The number of allylic oxidation sites excluding steroid dienone is 1. The predicted octanol–water partition coefficient (Wildman–Crippen LogP) is 5.91. The standard InChI is InChI=1S/C22H43NO2/c1-4-6-7-8-9-10-11-12-13-14-15-16-17-19-21(24)20(3)23-22(25)18-5-2/h17,19-21,24H,4-16,18H2,1-3H3,(H,23,25)/b19-17+/t20-,21-/m0/s1. The molecule has 0 rings (SSSR count). The maximum Gasteiger partial charge on any atom is 0.220 e. The van der Waals surface area contributed by atoms with Crippen LogP contribution in [-0.4, -0.2) is 23.2 Å². The first-order chi connectivity index (χ1) is 12.1. The van der Waals surface area contributed by atoms with Crippen LogP contribution in [0.4, 0.5) is 0 Å². The van der Waals surface area contributed by atoms with Crippen molar-refractivity contribution in [2.75, 3.05) is 0 Å². The van der Waals surface area contributed by atoms with Gasteiger partial charge in [-0.05, 0) is 26.2 Å². The second-order valence-electron chi connectivity index (χ2n) is 7.35. The molecule has 0 spiro atoms. The highest BCUT2D eigenvalue weighted by atomic mass is 16.3. The summed E-state index contributed by atoms with van der Waals surface area (Å²) in [6, 6.07) is -0.215. The Hall–Kier alpha value is -0.830. The van der Waals surface area contributed by atoms with Gasteiger partial charge in [0.25, 0.3) is 0 Å². The lowest BCUT2D eigenvalue weighted by Crippen LogP contribution is -2.40. The molecule has 0 heterocycles. The van der Waals surface area contributed by atoms with Crippen LogP contribution in [0, 0.1) is 0 Å². The SMILES string of the molecule is CCCCCCCCCCCCC/C=C/[C@H](O)[C@H](C)NC(=O)CCC. The summed E-state index contributed by atoms with van der Waals surface area (Å²) in [5.41, 5.74) is 0. The largest absolute Gasteiger partial charge is 0.387 e. The van der Waals surface area contributed by atoms with Crippen molar-refractivity contribution in [1.82, 2.24) is 5.32 Å². The van der Waals surface area contributed by atoms with Gasteiger partial charge in [-0.3, -0.25) is 4.79 Å². The van der Waals surface area contributed by atoms with Gasteiger partial charge in [-0.15, -0.1) is 0 Å². The molecular weight excluding hydrogens is 310 g/mol. The molecule has 0 aromatic heterocycles. The van der Waals surface area contributed by atoms with Gasteiger partial charge >= 0.3 is 0 Å². The molecule has 0 aliphatic rings. The van der Waals surface area contributed by atoms with Crippen LogP contribution in [0.2, 0.25) is 0 Å². The van der Waals surface area contributed by atoms with E-state index in [9.17, 15) is 9.90 Å². The Morgan fingerprint density at radius 1 is 0.880 bits per heavy atom. The summed E-state index contributed by atoms with van der Waals surface area (Å²) >= 11 is 0. The van der Waals surface area contributed by atoms with Crippen molar-refractivity contribution < 1.29 is 9.90 Å². The maximum absolute atomic E-state index is 11.5. The number of aliphatic hydroxyl groups excluding tert-OH is 1. The average Bonchev–Trinajstić information content (AvgIpc) is 2.58. The van der Waals surface area contributed by atoms with E-state index in [1.54, 1.807) is 0 Å². The first-order valence-electron chi connectivity index (χ1n) is 10.8. The van der Waals surface area contributed by atoms with E-state index in [2.05, 4.69) is 18.3 Å². The molecule has 0 radical (unpaired) electrons. The number of hydrogen-bond acceptors (Lipinski definition) is 2. The maximum atomic E-state index is 11.5. The van der Waals surface area contributed by atoms with Gasteiger partial charge in [0.05, 0.1) is 12.1 Å². The van der Waals surface area contributed by atoms with E-state index in [4.69, 9.17) is 0 Å². The van der Waals surface area contributed by atoms with Gasteiger partial charge in [-0.25, -0.2) is 0 Å². The van der Waals surface area contributed by atoms with Crippen LogP contribution in [0.25, 0.3) is 0 Å². The quantitative estimate of drug-likeness (QED) is 0.252. The van der Waals surface area contributed by atoms with Gasteiger partial charge in [0.2, 0.25) is 5.91 Å². The van der Waals surface area contributed by atoms with Crippen molar-refractivity contribution >= 4 is 5.91 Å². The third-order valence-electron chi connectivity index (χ3n) is 4.69. The first-order valence-corrected chi connectivity index (χ1v) is 10.8. The van der Waals surface area contributed by atoms with Crippen LogP contribution >= 0.6 is 0 Å². The Morgan fingerprint density at radius 2 is 1.40 bits per heavy atom. The Bertz CT molecular complexity index is 328. The predicted molar refractivity (Wildman–Crippen MR) is 109 cm³/mol. The molecule has 0 saturated heterocycles. The number of aliphatic hydroxyl groups is 1. The molecule has 0 aliphatic heterocycles. The van der Waals surface area contributed by atoms with E-state index in [1.165, 1.54) is 70.6 Å². The van der Waals surface area contributed by atoms with Crippen molar-refractivity contribution in [3.05, 3.63) is 12.2 Å². The summed E-state index contributed by atoms with van der Waals surface area (Å²) in [7, 11) is 0. The molecule has 0 aliphatic carbocycles. The summed E-state index contributed by atoms with van der Waals surface area (Å²) in [5, 5.41) is 12.8. The molecular formula is C22H43NO2. The topological polar surface area (TPSA) is 49.3 Å². The Kier molecular flexibility index (Phi) is 17.4. The molecule has 1 amide bonds. The van der Waals surface area contributed by atoms with E-state index >= 15 is 0 Å². The van der Waals surface area contributed by atoms with Crippen LogP contribution in [0.15, 0.2) is 12.2 Å². The van der Waals surface area contributed by atoms with Crippen LogP contribution < -0.4 is 5.32 Å². The number of unbranched alkanes of at least 4 members (excludes halogenated alkanes) is 11. The Morgan fingerprint density at radius 3 is 1.92 bits per heavy atom. The van der Waals surface area contributed by atoms with Crippen LogP contribution in [0.3, 0.4) is 0 Å². The molecule has 0 aromatic rings. The van der Waals surface area contributed by atoms with Gasteiger partial charge < -0.3 is 10.4 Å². The number of rotatable bonds is 17. The fourth-order valence-corrected chi connectivity index (χ4v) is 2.97. The number of carbonyl (C=O) groups is 1. The van der Waals surface area contributed by atoms with Crippen LogP contribution in [0.1, 0.15) is 111 Å². The number of hydrogen-bond donors (Lipinski definition) is 2. The molecule has 2 N–H and O–H groups in total. The van der Waals surface area contributed by atoms with Crippen molar-refractivity contribution in [3.8, 4) is 0 Å². The van der Waals surface area contributed by atoms with Crippen molar-refractivity contribution in [1.29, 1.82) is 0 Å². The van der Waals surface area contributed by atoms with Gasteiger partial charge in [-0.2, -0.15) is 0 Å². The normalized spacial score (nSPS) is 13.9. The zero-order valence-corrected chi connectivity index (χ0v) is 17.1. The number of nitrogens with one attached hydrogen (secondary N) is 1.